The minimum atomic E-state index is -0.379. The second-order valence-corrected chi connectivity index (χ2v) is 8.32. The van der Waals surface area contributed by atoms with E-state index in [0.29, 0.717) is 6.04 Å². The number of likely N-dealkylation sites (N-methyl/N-ethyl adjacent to an activating group) is 1. The van der Waals surface area contributed by atoms with Gasteiger partial charge in [-0.3, -0.25) is 4.90 Å². The highest BCUT2D eigenvalue weighted by Crippen LogP contribution is 2.18. The van der Waals surface area contributed by atoms with Crippen molar-refractivity contribution in [3.63, 3.8) is 0 Å². The summed E-state index contributed by atoms with van der Waals surface area (Å²) in [6, 6.07) is 11.1. The number of aliphatic hydroxyl groups excluding tert-OH is 1. The Morgan fingerprint density at radius 1 is 0.778 bits per heavy atom. The van der Waals surface area contributed by atoms with Crippen molar-refractivity contribution in [2.24, 2.45) is 0 Å². The van der Waals surface area contributed by atoms with Crippen LogP contribution in [0.1, 0.15) is 103 Å². The Morgan fingerprint density at radius 3 is 1.74 bits per heavy atom. The largest absolute Gasteiger partial charge is 0.379 e. The first-order chi connectivity index (χ1) is 13.1. The third kappa shape index (κ3) is 12.3. The molecule has 0 fully saturated rings. The molecule has 2 unspecified atom stereocenters. The van der Waals surface area contributed by atoms with Crippen molar-refractivity contribution in [2.45, 2.75) is 116 Å². The average molecular weight is 376 g/mol. The first-order valence-electron chi connectivity index (χ1n) is 11.6. The van der Waals surface area contributed by atoms with E-state index in [9.17, 15) is 5.11 Å². The maximum atomic E-state index is 9.99. The van der Waals surface area contributed by atoms with Gasteiger partial charge in [0.2, 0.25) is 0 Å². The van der Waals surface area contributed by atoms with Gasteiger partial charge >= 0.3 is 0 Å². The molecule has 27 heavy (non-hydrogen) atoms. The Labute approximate surface area is 169 Å². The quantitative estimate of drug-likeness (QED) is 0.235. The molecule has 0 bridgehead atoms. The summed E-state index contributed by atoms with van der Waals surface area (Å²) in [5.74, 6) is 0. The van der Waals surface area contributed by atoms with E-state index in [1.165, 1.54) is 89.0 Å². The van der Waals surface area contributed by atoms with E-state index in [1.54, 1.807) is 0 Å². The normalized spacial score (nSPS) is 13.8. The van der Waals surface area contributed by atoms with Crippen LogP contribution in [0.2, 0.25) is 0 Å². The first-order valence-corrected chi connectivity index (χ1v) is 11.6. The van der Waals surface area contributed by atoms with Gasteiger partial charge in [-0.15, -0.1) is 0 Å². The van der Waals surface area contributed by atoms with Crippen LogP contribution in [-0.4, -0.2) is 29.3 Å². The van der Waals surface area contributed by atoms with E-state index in [1.807, 2.05) is 6.92 Å². The van der Waals surface area contributed by atoms with Gasteiger partial charge in [-0.1, -0.05) is 114 Å². The summed E-state index contributed by atoms with van der Waals surface area (Å²) in [6.45, 7) is 4.16. The molecular formula is C25H45NO. The monoisotopic (exact) mass is 375 g/mol. The number of nitrogens with zero attached hydrogens (tertiary/aromatic N) is 1. The minimum absolute atomic E-state index is 0.379. The van der Waals surface area contributed by atoms with Crippen LogP contribution in [0.5, 0.6) is 0 Å². The molecule has 1 rings (SSSR count). The fraction of sp³-hybridized carbons (Fsp3) is 0.760. The van der Waals surface area contributed by atoms with Crippen molar-refractivity contribution >= 4 is 0 Å². The second-order valence-electron chi connectivity index (χ2n) is 8.32. The third-order valence-electron chi connectivity index (χ3n) is 5.87. The van der Waals surface area contributed by atoms with Crippen LogP contribution in [0.3, 0.4) is 0 Å². The molecule has 0 aliphatic rings. The van der Waals surface area contributed by atoms with E-state index < -0.39 is 0 Å². The molecule has 1 aromatic rings. The molecule has 0 radical (unpaired) electrons. The molecular weight excluding hydrogens is 330 g/mol. The van der Waals surface area contributed by atoms with E-state index in [4.69, 9.17) is 0 Å². The molecule has 0 spiro atoms. The SMILES string of the molecule is CCCCCCCCCCCCCCC(Cc1ccccc1)N(C)C(C)O. The Bertz CT molecular complexity index is 431. The Kier molecular flexibility index (Phi) is 14.4. The van der Waals surface area contributed by atoms with E-state index in [0.717, 1.165) is 6.42 Å². The van der Waals surface area contributed by atoms with Gasteiger partial charge in [0.25, 0.3) is 0 Å². The van der Waals surface area contributed by atoms with Crippen LogP contribution in [0.4, 0.5) is 0 Å². The summed E-state index contributed by atoms with van der Waals surface area (Å²) in [5, 5.41) is 9.99. The lowest BCUT2D eigenvalue weighted by atomic mass is 9.98. The highest BCUT2D eigenvalue weighted by molar-refractivity contribution is 5.15. The summed E-state index contributed by atoms with van der Waals surface area (Å²) >= 11 is 0. The summed E-state index contributed by atoms with van der Waals surface area (Å²) in [6.07, 6.45) is 18.5. The fourth-order valence-corrected chi connectivity index (χ4v) is 3.86. The summed E-state index contributed by atoms with van der Waals surface area (Å²) < 4.78 is 0. The molecule has 2 nitrogen and oxygen atoms in total. The molecule has 0 saturated heterocycles. The number of benzene rings is 1. The standard InChI is InChI=1S/C25H45NO/c1-4-5-6-7-8-9-10-11-12-13-14-18-21-25(26(3)23(2)27)22-24-19-16-15-17-20-24/h15-17,19-20,23,25,27H,4-14,18,21-22H2,1-3H3. The average Bonchev–Trinajstić information content (AvgIpc) is 2.68. The zero-order chi connectivity index (χ0) is 19.7. The van der Waals surface area contributed by atoms with E-state index >= 15 is 0 Å². The predicted molar refractivity (Wildman–Crippen MR) is 119 cm³/mol. The smallest absolute Gasteiger partial charge is 0.104 e. The number of hydrogen-bond acceptors (Lipinski definition) is 2. The van der Waals surface area contributed by atoms with Crippen LogP contribution in [-0.2, 0) is 6.42 Å². The van der Waals surface area contributed by atoms with Gasteiger partial charge in [-0.05, 0) is 32.4 Å². The fourth-order valence-electron chi connectivity index (χ4n) is 3.86. The number of rotatable bonds is 17. The molecule has 156 valence electrons. The third-order valence-corrected chi connectivity index (χ3v) is 5.87. The highest BCUT2D eigenvalue weighted by atomic mass is 16.3. The van der Waals surface area contributed by atoms with Gasteiger partial charge in [0.05, 0.1) is 0 Å². The van der Waals surface area contributed by atoms with Crippen molar-refractivity contribution in [2.75, 3.05) is 7.05 Å². The molecule has 0 amide bonds. The van der Waals surface area contributed by atoms with Gasteiger partial charge in [-0.2, -0.15) is 0 Å². The van der Waals surface area contributed by atoms with Gasteiger partial charge in [0.1, 0.15) is 6.23 Å². The van der Waals surface area contributed by atoms with E-state index in [-0.39, 0.29) is 6.23 Å². The van der Waals surface area contributed by atoms with Crippen LogP contribution in [0.25, 0.3) is 0 Å². The maximum absolute atomic E-state index is 9.99. The van der Waals surface area contributed by atoms with Gasteiger partial charge < -0.3 is 5.11 Å². The topological polar surface area (TPSA) is 23.5 Å². The summed E-state index contributed by atoms with van der Waals surface area (Å²) in [5.41, 5.74) is 1.37. The maximum Gasteiger partial charge on any atom is 0.104 e. The molecule has 1 aromatic carbocycles. The lowest BCUT2D eigenvalue weighted by Gasteiger charge is -2.30. The van der Waals surface area contributed by atoms with Crippen molar-refractivity contribution < 1.29 is 5.11 Å². The number of unbranched alkanes of at least 4 members (excludes halogenated alkanes) is 11. The van der Waals surface area contributed by atoms with Gasteiger partial charge in [-0.25, -0.2) is 0 Å². The van der Waals surface area contributed by atoms with Gasteiger partial charge in [0, 0.05) is 6.04 Å². The van der Waals surface area contributed by atoms with Crippen LogP contribution in [0.15, 0.2) is 30.3 Å². The molecule has 0 heterocycles. The van der Waals surface area contributed by atoms with Crippen LogP contribution in [0, 0.1) is 0 Å². The number of hydrogen-bond donors (Lipinski definition) is 1. The molecule has 0 aromatic heterocycles. The summed E-state index contributed by atoms with van der Waals surface area (Å²) in [4.78, 5) is 2.13. The van der Waals surface area contributed by atoms with Crippen molar-refractivity contribution in [3.8, 4) is 0 Å². The number of aliphatic hydroxyl groups is 1. The lowest BCUT2D eigenvalue weighted by molar-refractivity contribution is 0.00537. The zero-order valence-electron chi connectivity index (χ0n) is 18.3. The zero-order valence-corrected chi connectivity index (χ0v) is 18.3. The molecule has 2 atom stereocenters. The molecule has 1 N–H and O–H groups in total. The summed E-state index contributed by atoms with van der Waals surface area (Å²) in [7, 11) is 2.05. The van der Waals surface area contributed by atoms with Gasteiger partial charge in [0.15, 0.2) is 0 Å². The lowest BCUT2D eigenvalue weighted by Crippen LogP contribution is -2.39. The minimum Gasteiger partial charge on any atom is -0.379 e. The molecule has 0 aliphatic heterocycles. The van der Waals surface area contributed by atoms with Crippen LogP contribution < -0.4 is 0 Å². The highest BCUT2D eigenvalue weighted by Gasteiger charge is 2.18. The first kappa shape index (κ1) is 24.2. The Hall–Kier alpha value is -0.860. The van der Waals surface area contributed by atoms with Crippen LogP contribution >= 0.6 is 0 Å². The molecule has 0 aliphatic carbocycles. The Morgan fingerprint density at radius 2 is 1.26 bits per heavy atom. The molecule has 0 saturated carbocycles. The molecule has 2 heteroatoms. The van der Waals surface area contributed by atoms with Crippen molar-refractivity contribution in [1.82, 2.24) is 4.90 Å². The Balaban J connectivity index is 2.11. The van der Waals surface area contributed by atoms with Crippen molar-refractivity contribution in [1.29, 1.82) is 0 Å². The second kappa shape index (κ2) is 16.1. The van der Waals surface area contributed by atoms with Crippen molar-refractivity contribution in [3.05, 3.63) is 35.9 Å². The predicted octanol–water partition coefficient (Wildman–Crippen LogP) is 6.96. The van der Waals surface area contributed by atoms with E-state index in [2.05, 4.69) is 49.2 Å².